The third-order valence-electron chi connectivity index (χ3n) is 11.9. The molecule has 0 aliphatic heterocycles. The topological polar surface area (TPSA) is 12.4 Å². The van der Waals surface area contributed by atoms with Gasteiger partial charge >= 0.3 is 0 Å². The average Bonchev–Trinajstić information content (AvgIpc) is 3.49. The van der Waals surface area contributed by atoms with E-state index in [9.17, 15) is 0 Å². The number of allylic oxidation sites excluding steroid dienone is 19. The Morgan fingerprint density at radius 1 is 0.628 bits per heavy atom. The molecular weight excluding hydrogens is 939 g/mol. The van der Waals surface area contributed by atoms with Gasteiger partial charge in [0.05, 0.1) is 0 Å². The van der Waals surface area contributed by atoms with Gasteiger partial charge in [-0.3, -0.25) is 4.99 Å². The Labute approximate surface area is 479 Å². The SMILES string of the molecule is C/C=C(\C=C/CC)c1ccc(C)cc1.C/C=C/C=C(\C=C/c1ccc(-c2ccccc2)cc1)c1ccccc1.C=CC.C=CC(C)CC(C)N=C(C)c1ccc(C)cc1.CC.CC.CC.CC1C=CC(C2=CCCC=C2)=CC1. The lowest BCUT2D eigenvalue weighted by atomic mass is 9.92. The lowest BCUT2D eigenvalue weighted by Crippen LogP contribution is -2.07. The number of rotatable bonds is 14. The van der Waals surface area contributed by atoms with Crippen LogP contribution in [0.15, 0.2) is 254 Å². The Balaban J connectivity index is 0.000000992. The molecule has 0 spiro atoms. The van der Waals surface area contributed by atoms with E-state index < -0.39 is 0 Å². The Bertz CT molecular complexity index is 2630. The number of aliphatic imine (C=N–C) groups is 1. The van der Waals surface area contributed by atoms with Crippen molar-refractivity contribution >= 4 is 22.9 Å². The number of benzene rings is 5. The second-order valence-electron chi connectivity index (χ2n) is 18.4. The van der Waals surface area contributed by atoms with Gasteiger partial charge < -0.3 is 0 Å². The molecule has 416 valence electrons. The second kappa shape index (κ2) is 46.0. The van der Waals surface area contributed by atoms with Gasteiger partial charge in [-0.15, -0.1) is 13.2 Å². The molecule has 7 rings (SSSR count). The first-order valence-electron chi connectivity index (χ1n) is 29.1. The fourth-order valence-electron chi connectivity index (χ4n) is 7.69. The molecule has 0 aromatic heterocycles. The maximum absolute atomic E-state index is 4.73. The van der Waals surface area contributed by atoms with Crippen LogP contribution in [0.5, 0.6) is 0 Å². The van der Waals surface area contributed by atoms with Gasteiger partial charge in [0.25, 0.3) is 0 Å². The number of nitrogens with zero attached hydrogens (tertiary/aromatic N) is 1. The molecule has 3 unspecified atom stereocenters. The van der Waals surface area contributed by atoms with Gasteiger partial charge in [0, 0.05) is 11.8 Å². The molecule has 2 aliphatic carbocycles. The quantitative estimate of drug-likeness (QED) is 0.0597. The van der Waals surface area contributed by atoms with E-state index in [1.54, 1.807) is 6.08 Å². The number of hydrogen-bond donors (Lipinski definition) is 0. The van der Waals surface area contributed by atoms with E-state index in [2.05, 4.69) is 269 Å². The van der Waals surface area contributed by atoms with Gasteiger partial charge in [0.1, 0.15) is 0 Å². The molecule has 0 amide bonds. The Morgan fingerprint density at radius 2 is 1.15 bits per heavy atom. The summed E-state index contributed by atoms with van der Waals surface area (Å²) in [5, 5.41) is 0. The van der Waals surface area contributed by atoms with Crippen LogP contribution in [-0.4, -0.2) is 11.8 Å². The summed E-state index contributed by atoms with van der Waals surface area (Å²) < 4.78 is 0. The molecule has 0 radical (unpaired) electrons. The van der Waals surface area contributed by atoms with E-state index in [-0.39, 0.29) is 0 Å². The molecule has 0 saturated carbocycles. The third-order valence-corrected chi connectivity index (χ3v) is 11.9. The van der Waals surface area contributed by atoms with Crippen molar-refractivity contribution in [2.75, 3.05) is 0 Å². The van der Waals surface area contributed by atoms with E-state index in [1.807, 2.05) is 79.7 Å². The second-order valence-corrected chi connectivity index (χ2v) is 18.4. The Morgan fingerprint density at radius 3 is 1.64 bits per heavy atom. The molecule has 1 heteroatoms. The zero-order chi connectivity index (χ0) is 58.4. The van der Waals surface area contributed by atoms with E-state index in [1.165, 1.54) is 86.1 Å². The first-order chi connectivity index (χ1) is 37.9. The van der Waals surface area contributed by atoms with Gasteiger partial charge in [-0.2, -0.15) is 0 Å². The highest BCUT2D eigenvalue weighted by Crippen LogP contribution is 2.25. The van der Waals surface area contributed by atoms with Crippen molar-refractivity contribution in [1.29, 1.82) is 0 Å². The zero-order valence-electron chi connectivity index (χ0n) is 51.6. The van der Waals surface area contributed by atoms with Gasteiger partial charge in [0.2, 0.25) is 0 Å². The summed E-state index contributed by atoms with van der Waals surface area (Å²) in [4.78, 5) is 4.73. The van der Waals surface area contributed by atoms with E-state index in [0.29, 0.717) is 12.0 Å². The first-order valence-corrected chi connectivity index (χ1v) is 29.1. The molecule has 5 aromatic carbocycles. The highest BCUT2D eigenvalue weighted by Gasteiger charge is 2.08. The van der Waals surface area contributed by atoms with Gasteiger partial charge in [-0.25, -0.2) is 0 Å². The van der Waals surface area contributed by atoms with Crippen LogP contribution in [0.1, 0.15) is 162 Å². The molecule has 0 N–H and O–H groups in total. The minimum Gasteiger partial charge on any atom is -0.286 e. The predicted octanol–water partition coefficient (Wildman–Crippen LogP) is 23.9. The minimum absolute atomic E-state index is 0.351. The molecule has 3 atom stereocenters. The maximum Gasteiger partial charge on any atom is 0.0480 e. The lowest BCUT2D eigenvalue weighted by molar-refractivity contribution is 0.565. The van der Waals surface area contributed by atoms with Crippen molar-refractivity contribution in [3.8, 4) is 11.1 Å². The van der Waals surface area contributed by atoms with Gasteiger partial charge in [0.15, 0.2) is 0 Å². The monoisotopic (exact) mass is 1040 g/mol. The molecule has 78 heavy (non-hydrogen) atoms. The van der Waals surface area contributed by atoms with Crippen LogP contribution < -0.4 is 0 Å². The maximum atomic E-state index is 4.73. The summed E-state index contributed by atoms with van der Waals surface area (Å²) in [6.45, 7) is 40.2. The molecule has 2 aliphatic rings. The molecule has 5 aromatic rings. The first kappa shape index (κ1) is 70.9. The smallest absolute Gasteiger partial charge is 0.0480 e. The van der Waals surface area contributed by atoms with Crippen molar-refractivity contribution in [3.63, 3.8) is 0 Å². The summed E-state index contributed by atoms with van der Waals surface area (Å²) in [6, 6.07) is 47.1. The van der Waals surface area contributed by atoms with Crippen LogP contribution >= 0.6 is 0 Å². The van der Waals surface area contributed by atoms with Crippen molar-refractivity contribution in [1.82, 2.24) is 0 Å². The van der Waals surface area contributed by atoms with Crippen LogP contribution in [0.25, 0.3) is 28.3 Å². The molecule has 1 nitrogen and oxygen atoms in total. The molecule has 0 fully saturated rings. The largest absolute Gasteiger partial charge is 0.286 e. The summed E-state index contributed by atoms with van der Waals surface area (Å²) in [5.74, 6) is 1.25. The summed E-state index contributed by atoms with van der Waals surface area (Å²) in [5.41, 5.74) is 16.5. The van der Waals surface area contributed by atoms with Crippen molar-refractivity contribution in [3.05, 3.63) is 282 Å². The summed E-state index contributed by atoms with van der Waals surface area (Å²) >= 11 is 0. The van der Waals surface area contributed by atoms with E-state index in [4.69, 9.17) is 4.99 Å². The number of aryl methyl sites for hydroxylation is 2. The molecular formula is C77H103N. The predicted molar refractivity (Wildman–Crippen MR) is 359 cm³/mol. The minimum atomic E-state index is 0.351. The normalized spacial score (nSPS) is 14.4. The molecule has 0 bridgehead atoms. The van der Waals surface area contributed by atoms with Crippen molar-refractivity contribution < 1.29 is 0 Å². The van der Waals surface area contributed by atoms with Crippen LogP contribution in [0, 0.1) is 25.7 Å². The average molecular weight is 1040 g/mol. The standard InChI is InChI=1S/C25H22.C16H23N.C14H18.C13H16.C3H6.3C2H6/c1-2-3-10-24(22-11-6-4-7-12-22)18-15-21-16-19-25(20-17-21)23-13-8-5-9-14-23;1-6-12(2)11-14(4)17-15(5)16-9-7-13(3)8-10-16;1-4-6-7-13(5-2)14-10-8-12(3)9-11-14;1-11-7-9-13(10-8-11)12-5-3-2-4-6-12;1-3-2;3*1-2/h2-20H,1H3;6-10,12,14H,1,11H2,2-5H3;5-11H,4H2,1-3H3;3,5-7,9-11H,2,4,8H2,1H3;3H,1H2,2H3;3*1-2H3/b3-2+,18-15-,24-10+;;7-6-,13-5+;;;;;. The number of hydrogen-bond acceptors (Lipinski definition) is 1. The third kappa shape index (κ3) is 30.6. The van der Waals surface area contributed by atoms with E-state index in [0.717, 1.165) is 24.5 Å². The lowest BCUT2D eigenvalue weighted by Gasteiger charge is -2.14. The molecule has 0 heterocycles. The van der Waals surface area contributed by atoms with Crippen LogP contribution in [-0.2, 0) is 0 Å². The summed E-state index contributed by atoms with van der Waals surface area (Å²) in [6.07, 6.45) is 40.4. The van der Waals surface area contributed by atoms with E-state index >= 15 is 0 Å². The highest BCUT2D eigenvalue weighted by atomic mass is 14.8. The van der Waals surface area contributed by atoms with Crippen molar-refractivity contribution in [2.24, 2.45) is 16.8 Å². The Kier molecular flexibility index (Phi) is 41.9. The summed E-state index contributed by atoms with van der Waals surface area (Å²) in [7, 11) is 0. The van der Waals surface area contributed by atoms with Gasteiger partial charge in [-0.05, 0) is 148 Å². The van der Waals surface area contributed by atoms with Crippen molar-refractivity contribution in [2.45, 2.75) is 149 Å². The molecule has 0 saturated heterocycles. The zero-order valence-corrected chi connectivity index (χ0v) is 51.6. The van der Waals surface area contributed by atoms with Gasteiger partial charge in [-0.1, -0.05) is 304 Å². The Hall–Kier alpha value is -7.09. The fraction of sp³-hybridized carbons (Fsp3) is 0.312. The van der Waals surface area contributed by atoms with Crippen LogP contribution in [0.2, 0.25) is 0 Å². The van der Waals surface area contributed by atoms with Crippen LogP contribution in [0.3, 0.4) is 0 Å². The highest BCUT2D eigenvalue weighted by molar-refractivity contribution is 5.98. The van der Waals surface area contributed by atoms with Crippen LogP contribution in [0.4, 0.5) is 0 Å². The fourth-order valence-corrected chi connectivity index (χ4v) is 7.69.